The van der Waals surface area contributed by atoms with Gasteiger partial charge >= 0.3 is 0 Å². The summed E-state index contributed by atoms with van der Waals surface area (Å²) < 4.78 is 28.9. The fraction of sp³-hybridized carbons (Fsp3) is 0.208. The third-order valence-corrected chi connectivity index (χ3v) is 7.08. The fourth-order valence-corrected chi connectivity index (χ4v) is 5.38. The van der Waals surface area contributed by atoms with E-state index in [1.54, 1.807) is 12.1 Å². The third kappa shape index (κ3) is 5.30. The summed E-state index contributed by atoms with van der Waals surface area (Å²) in [5.41, 5.74) is 3.76. The molecule has 0 saturated heterocycles. The number of sulfonamides is 1. The van der Waals surface area contributed by atoms with Crippen molar-refractivity contribution >= 4 is 38.9 Å². The average molecular weight is 470 g/mol. The van der Waals surface area contributed by atoms with Gasteiger partial charge in [-0.3, -0.25) is 4.79 Å². The molecule has 1 aliphatic heterocycles. The zero-order valence-corrected chi connectivity index (χ0v) is 19.2. The van der Waals surface area contributed by atoms with Crippen LogP contribution < -0.4 is 14.9 Å². The van der Waals surface area contributed by atoms with Gasteiger partial charge in [0.15, 0.2) is 0 Å². The molecule has 0 saturated carbocycles. The first-order valence-electron chi connectivity index (χ1n) is 10.3. The lowest BCUT2D eigenvalue weighted by Gasteiger charge is -2.36. The first kappa shape index (κ1) is 22.3. The molecule has 1 heterocycles. The predicted octanol–water partition coefficient (Wildman–Crippen LogP) is 4.21. The molecule has 1 amide bonds. The van der Waals surface area contributed by atoms with Crippen molar-refractivity contribution in [2.24, 2.45) is 0 Å². The minimum atomic E-state index is -3.74. The van der Waals surface area contributed by atoms with Crippen LogP contribution in [0, 0.1) is 0 Å². The molecule has 8 heteroatoms. The smallest absolute Gasteiger partial charge is 0.240 e. The van der Waals surface area contributed by atoms with E-state index in [9.17, 15) is 13.2 Å². The minimum Gasteiger partial charge on any atom is -0.365 e. The molecular weight excluding hydrogens is 446 g/mol. The maximum atomic E-state index is 13.0. The highest BCUT2D eigenvalue weighted by Gasteiger charge is 2.28. The lowest BCUT2D eigenvalue weighted by molar-refractivity contribution is -0.114. The zero-order valence-electron chi connectivity index (χ0n) is 17.6. The van der Waals surface area contributed by atoms with E-state index >= 15 is 0 Å². The van der Waals surface area contributed by atoms with Crippen molar-refractivity contribution in [1.29, 1.82) is 0 Å². The molecule has 0 bridgehead atoms. The van der Waals surface area contributed by atoms with E-state index in [4.69, 9.17) is 11.6 Å². The fourth-order valence-electron chi connectivity index (χ4n) is 3.96. The molecule has 3 aromatic rings. The second-order valence-electron chi connectivity index (χ2n) is 7.87. The van der Waals surface area contributed by atoms with E-state index in [1.165, 1.54) is 19.1 Å². The summed E-state index contributed by atoms with van der Waals surface area (Å²) in [5, 5.41) is 3.26. The second-order valence-corrected chi connectivity index (χ2v) is 10.0. The predicted molar refractivity (Wildman–Crippen MR) is 128 cm³/mol. The molecule has 3 aromatic carbocycles. The molecular formula is C24H24ClN3O3S. The molecule has 1 aliphatic rings. The van der Waals surface area contributed by atoms with Gasteiger partial charge in [-0.15, -0.1) is 0 Å². The van der Waals surface area contributed by atoms with Gasteiger partial charge < -0.3 is 10.2 Å². The van der Waals surface area contributed by atoms with Crippen LogP contribution in [0.15, 0.2) is 77.7 Å². The van der Waals surface area contributed by atoms with Crippen molar-refractivity contribution in [2.45, 2.75) is 30.8 Å². The molecule has 0 aliphatic carbocycles. The SMILES string of the molecule is CC(=O)Nc1ccc(S(=O)(=O)NC2Cc3cc(Cl)ccc3N(Cc3ccccc3)C2)cc1. The number of fused-ring (bicyclic) bond motifs is 1. The van der Waals surface area contributed by atoms with Crippen LogP contribution in [0.5, 0.6) is 0 Å². The Morgan fingerprint density at radius 2 is 1.78 bits per heavy atom. The summed E-state index contributed by atoms with van der Waals surface area (Å²) in [4.78, 5) is 13.5. The highest BCUT2D eigenvalue weighted by atomic mass is 35.5. The summed E-state index contributed by atoms with van der Waals surface area (Å²) >= 11 is 6.22. The van der Waals surface area contributed by atoms with Crippen molar-refractivity contribution < 1.29 is 13.2 Å². The van der Waals surface area contributed by atoms with Gasteiger partial charge in [0.05, 0.1) is 4.90 Å². The summed E-state index contributed by atoms with van der Waals surface area (Å²) in [5.74, 6) is -0.211. The highest BCUT2D eigenvalue weighted by Crippen LogP contribution is 2.31. The molecule has 2 N–H and O–H groups in total. The van der Waals surface area contributed by atoms with E-state index in [1.807, 2.05) is 36.4 Å². The number of rotatable bonds is 6. The largest absolute Gasteiger partial charge is 0.365 e. The van der Waals surface area contributed by atoms with Gasteiger partial charge in [-0.25, -0.2) is 13.1 Å². The molecule has 0 spiro atoms. The van der Waals surface area contributed by atoms with Crippen LogP contribution in [0.3, 0.4) is 0 Å². The number of anilines is 2. The van der Waals surface area contributed by atoms with Gasteiger partial charge in [0.2, 0.25) is 15.9 Å². The minimum absolute atomic E-state index is 0.151. The Balaban J connectivity index is 1.56. The summed E-state index contributed by atoms with van der Waals surface area (Å²) in [6, 6.07) is 21.6. The quantitative estimate of drug-likeness (QED) is 0.567. The van der Waals surface area contributed by atoms with E-state index in [-0.39, 0.29) is 16.8 Å². The second kappa shape index (κ2) is 9.32. The first-order valence-corrected chi connectivity index (χ1v) is 12.1. The topological polar surface area (TPSA) is 78.5 Å². The van der Waals surface area contributed by atoms with E-state index in [0.29, 0.717) is 30.2 Å². The van der Waals surface area contributed by atoms with Gasteiger partial charge in [-0.05, 0) is 60.0 Å². The maximum Gasteiger partial charge on any atom is 0.240 e. The maximum absolute atomic E-state index is 13.0. The summed E-state index contributed by atoms with van der Waals surface area (Å²) in [6.07, 6.45) is 0.546. The number of nitrogens with zero attached hydrogens (tertiary/aromatic N) is 1. The molecule has 1 atom stereocenters. The summed E-state index contributed by atoms with van der Waals surface area (Å²) in [6.45, 7) is 2.60. The van der Waals surface area contributed by atoms with E-state index < -0.39 is 10.0 Å². The number of hydrogen-bond acceptors (Lipinski definition) is 4. The molecule has 6 nitrogen and oxygen atoms in total. The monoisotopic (exact) mass is 469 g/mol. The number of carbonyl (C=O) groups excluding carboxylic acids is 1. The van der Waals surface area contributed by atoms with Crippen LogP contribution in [0.25, 0.3) is 0 Å². The van der Waals surface area contributed by atoms with E-state index in [2.05, 4.69) is 27.1 Å². The lowest BCUT2D eigenvalue weighted by Crippen LogP contribution is -2.48. The summed E-state index contributed by atoms with van der Waals surface area (Å²) in [7, 11) is -3.74. The number of benzene rings is 3. The Hall–Kier alpha value is -2.87. The first-order chi connectivity index (χ1) is 15.3. The van der Waals surface area contributed by atoms with Gasteiger partial charge in [-0.1, -0.05) is 41.9 Å². The van der Waals surface area contributed by atoms with Crippen molar-refractivity contribution in [1.82, 2.24) is 4.72 Å². The van der Waals surface area contributed by atoms with Crippen LogP contribution in [0.1, 0.15) is 18.1 Å². The van der Waals surface area contributed by atoms with Crippen LogP contribution in [-0.4, -0.2) is 26.9 Å². The Bertz CT molecular complexity index is 1210. The number of halogens is 1. The van der Waals surface area contributed by atoms with Crippen LogP contribution >= 0.6 is 11.6 Å². The van der Waals surface area contributed by atoms with Gasteiger partial charge in [0.25, 0.3) is 0 Å². The number of nitrogens with one attached hydrogen (secondary N) is 2. The molecule has 1 unspecified atom stereocenters. The lowest BCUT2D eigenvalue weighted by atomic mass is 9.98. The Kier molecular flexibility index (Phi) is 6.50. The van der Waals surface area contributed by atoms with Gasteiger partial charge in [-0.2, -0.15) is 0 Å². The molecule has 0 fully saturated rings. The third-order valence-electron chi connectivity index (χ3n) is 5.31. The molecule has 0 aromatic heterocycles. The molecule has 0 radical (unpaired) electrons. The van der Waals surface area contributed by atoms with E-state index in [0.717, 1.165) is 16.8 Å². The molecule has 4 rings (SSSR count). The number of hydrogen-bond donors (Lipinski definition) is 2. The highest BCUT2D eigenvalue weighted by molar-refractivity contribution is 7.89. The Morgan fingerprint density at radius 3 is 2.47 bits per heavy atom. The van der Waals surface area contributed by atoms with Crippen molar-refractivity contribution in [3.05, 3.63) is 88.9 Å². The molecule has 32 heavy (non-hydrogen) atoms. The van der Waals surface area contributed by atoms with Crippen molar-refractivity contribution in [3.8, 4) is 0 Å². The van der Waals surface area contributed by atoms with Crippen LogP contribution in [-0.2, 0) is 27.8 Å². The standard InChI is InChI=1S/C24H24ClN3O3S/c1-17(29)26-21-8-10-23(11-9-21)32(30,31)27-22-14-19-13-20(25)7-12-24(19)28(16-22)15-18-5-3-2-4-6-18/h2-13,22,27H,14-16H2,1H3,(H,26,29). The zero-order chi connectivity index (χ0) is 22.7. The van der Waals surface area contributed by atoms with Crippen molar-refractivity contribution in [3.63, 3.8) is 0 Å². The molecule has 166 valence electrons. The average Bonchev–Trinajstić information content (AvgIpc) is 2.74. The normalized spacial score (nSPS) is 15.8. The number of amides is 1. The van der Waals surface area contributed by atoms with Gasteiger partial charge in [0, 0.05) is 42.5 Å². The number of carbonyl (C=O) groups is 1. The van der Waals surface area contributed by atoms with Crippen LogP contribution in [0.2, 0.25) is 5.02 Å². The van der Waals surface area contributed by atoms with Crippen LogP contribution in [0.4, 0.5) is 11.4 Å². The Morgan fingerprint density at radius 1 is 1.06 bits per heavy atom. The van der Waals surface area contributed by atoms with Crippen molar-refractivity contribution in [2.75, 3.05) is 16.8 Å². The van der Waals surface area contributed by atoms with Gasteiger partial charge in [0.1, 0.15) is 0 Å². The Labute approximate surface area is 193 Å².